The van der Waals surface area contributed by atoms with Gasteiger partial charge in [0.25, 0.3) is 5.56 Å². The molecule has 1 amide bonds. The molecule has 170 valence electrons. The van der Waals surface area contributed by atoms with Crippen LogP contribution in [0.25, 0.3) is 16.7 Å². The van der Waals surface area contributed by atoms with E-state index in [1.165, 1.54) is 18.2 Å². The molecule has 9 heteroatoms. The van der Waals surface area contributed by atoms with Gasteiger partial charge in [0.2, 0.25) is 5.91 Å². The second kappa shape index (κ2) is 10.1. The maximum atomic E-state index is 13.1. The van der Waals surface area contributed by atoms with E-state index in [1.54, 1.807) is 21.8 Å². The second-order valence-electron chi connectivity index (χ2n) is 7.82. The smallest absolute Gasteiger partial charge is 0.264 e. The number of nitrogens with one attached hydrogen (secondary N) is 1. The minimum absolute atomic E-state index is 0.113. The number of hydrogen-bond acceptors (Lipinski definition) is 5. The van der Waals surface area contributed by atoms with Gasteiger partial charge in [-0.1, -0.05) is 31.0 Å². The number of nitrogens with two attached hydrogens (primary N) is 1. The molecule has 0 spiro atoms. The van der Waals surface area contributed by atoms with Crippen LogP contribution in [0.2, 0.25) is 0 Å². The largest absolute Gasteiger partial charge is 0.397 e. The lowest BCUT2D eigenvalue weighted by atomic mass is 10.1. The third-order valence-electron chi connectivity index (χ3n) is 5.40. The van der Waals surface area contributed by atoms with Gasteiger partial charge in [-0.15, -0.1) is 0 Å². The van der Waals surface area contributed by atoms with Crippen LogP contribution in [-0.2, 0) is 11.3 Å². The molecule has 4 rings (SSSR count). The summed E-state index contributed by atoms with van der Waals surface area (Å²) in [5, 5.41) is 7.51. The van der Waals surface area contributed by atoms with Crippen LogP contribution in [0.15, 0.2) is 65.8 Å². The lowest BCUT2D eigenvalue weighted by Crippen LogP contribution is -2.20. The Morgan fingerprint density at radius 2 is 1.85 bits per heavy atom. The van der Waals surface area contributed by atoms with E-state index in [0.717, 1.165) is 24.9 Å². The SMILES string of the molecule is Nc1cc(F)ccc1NC(=O)CCCCCCn1cnc2c(cnn2-c2ccccc2)c1=O. The van der Waals surface area contributed by atoms with Crippen LogP contribution in [0.1, 0.15) is 32.1 Å². The molecule has 33 heavy (non-hydrogen) atoms. The third kappa shape index (κ3) is 5.25. The van der Waals surface area contributed by atoms with Gasteiger partial charge in [-0.3, -0.25) is 14.2 Å². The van der Waals surface area contributed by atoms with Crippen LogP contribution < -0.4 is 16.6 Å². The summed E-state index contributed by atoms with van der Waals surface area (Å²) in [4.78, 5) is 29.3. The van der Waals surface area contributed by atoms with E-state index in [2.05, 4.69) is 15.4 Å². The number of hydrogen-bond donors (Lipinski definition) is 2. The normalized spacial score (nSPS) is 11.1. The average molecular weight is 449 g/mol. The van der Waals surface area contributed by atoms with E-state index in [0.29, 0.717) is 36.1 Å². The highest BCUT2D eigenvalue weighted by molar-refractivity contribution is 5.93. The standard InChI is InChI=1S/C24H25FN6O2/c25-17-11-12-21(20(26)14-17)29-22(32)10-6-1-2-7-13-30-16-27-23-19(24(30)33)15-28-31(23)18-8-4-3-5-9-18/h3-5,8-9,11-12,14-16H,1-2,6-7,10,13,26H2,(H,29,32). The molecule has 0 aliphatic heterocycles. The molecule has 0 aliphatic rings. The summed E-state index contributed by atoms with van der Waals surface area (Å²) in [5.41, 5.74) is 7.60. The Kier molecular flexibility index (Phi) is 6.77. The van der Waals surface area contributed by atoms with Crippen molar-refractivity contribution in [3.8, 4) is 5.69 Å². The zero-order chi connectivity index (χ0) is 23.2. The van der Waals surface area contributed by atoms with Crippen molar-refractivity contribution in [3.63, 3.8) is 0 Å². The zero-order valence-electron chi connectivity index (χ0n) is 18.1. The van der Waals surface area contributed by atoms with Crippen molar-refractivity contribution in [1.82, 2.24) is 19.3 Å². The molecular weight excluding hydrogens is 423 g/mol. The van der Waals surface area contributed by atoms with Crippen molar-refractivity contribution in [2.24, 2.45) is 0 Å². The molecule has 0 saturated carbocycles. The van der Waals surface area contributed by atoms with Crippen molar-refractivity contribution in [1.29, 1.82) is 0 Å². The second-order valence-corrected chi connectivity index (χ2v) is 7.82. The Labute approximate surface area is 189 Å². The van der Waals surface area contributed by atoms with Gasteiger partial charge in [-0.05, 0) is 43.2 Å². The van der Waals surface area contributed by atoms with Gasteiger partial charge in [0.1, 0.15) is 11.2 Å². The number of fused-ring (bicyclic) bond motifs is 1. The minimum atomic E-state index is -0.441. The van der Waals surface area contributed by atoms with Gasteiger partial charge in [0.05, 0.1) is 29.6 Å². The first-order chi connectivity index (χ1) is 16.0. The van der Waals surface area contributed by atoms with Crippen molar-refractivity contribution < 1.29 is 9.18 Å². The third-order valence-corrected chi connectivity index (χ3v) is 5.40. The summed E-state index contributed by atoms with van der Waals surface area (Å²) >= 11 is 0. The Bertz CT molecular complexity index is 1320. The van der Waals surface area contributed by atoms with Crippen LogP contribution in [0.4, 0.5) is 15.8 Å². The van der Waals surface area contributed by atoms with Crippen molar-refractivity contribution in [2.75, 3.05) is 11.1 Å². The minimum Gasteiger partial charge on any atom is -0.397 e. The topological polar surface area (TPSA) is 108 Å². The van der Waals surface area contributed by atoms with E-state index in [-0.39, 0.29) is 17.2 Å². The number of halogens is 1. The molecule has 0 unspecified atom stereocenters. The fourth-order valence-corrected chi connectivity index (χ4v) is 3.65. The van der Waals surface area contributed by atoms with Gasteiger partial charge in [0.15, 0.2) is 5.65 Å². The molecular formula is C24H25FN6O2. The number of aromatic nitrogens is 4. The maximum Gasteiger partial charge on any atom is 0.264 e. The lowest BCUT2D eigenvalue weighted by molar-refractivity contribution is -0.116. The molecule has 2 heterocycles. The Morgan fingerprint density at radius 1 is 1.06 bits per heavy atom. The molecule has 8 nitrogen and oxygen atoms in total. The molecule has 2 aromatic carbocycles. The molecule has 4 aromatic rings. The Hall–Kier alpha value is -4.01. The Morgan fingerprint density at radius 3 is 2.64 bits per heavy atom. The van der Waals surface area contributed by atoms with Gasteiger partial charge < -0.3 is 11.1 Å². The molecule has 0 fully saturated rings. The van der Waals surface area contributed by atoms with Crippen molar-refractivity contribution in [2.45, 2.75) is 38.6 Å². The first kappa shape index (κ1) is 22.2. The van der Waals surface area contributed by atoms with Crippen molar-refractivity contribution in [3.05, 3.63) is 77.2 Å². The summed E-state index contributed by atoms with van der Waals surface area (Å²) in [6.07, 6.45) is 6.70. The number of unbranched alkanes of at least 4 members (excludes halogenated alkanes) is 3. The first-order valence-corrected chi connectivity index (χ1v) is 10.9. The molecule has 0 aliphatic carbocycles. The van der Waals surface area contributed by atoms with Crippen LogP contribution >= 0.6 is 0 Å². The number of nitrogen functional groups attached to an aromatic ring is 1. The predicted octanol–water partition coefficient (Wildman–Crippen LogP) is 3.89. The highest BCUT2D eigenvalue weighted by atomic mass is 19.1. The molecule has 0 atom stereocenters. The van der Waals surface area contributed by atoms with Gasteiger partial charge in [-0.25, -0.2) is 14.1 Å². The van der Waals surface area contributed by atoms with E-state index in [1.807, 2.05) is 30.3 Å². The monoisotopic (exact) mass is 448 g/mol. The maximum absolute atomic E-state index is 13.1. The molecule has 0 saturated heterocycles. The fraction of sp³-hybridized carbons (Fsp3) is 0.250. The predicted molar refractivity (Wildman–Crippen MR) is 126 cm³/mol. The average Bonchev–Trinajstić information content (AvgIpc) is 3.25. The van der Waals surface area contributed by atoms with Gasteiger partial charge >= 0.3 is 0 Å². The molecule has 0 bridgehead atoms. The summed E-state index contributed by atoms with van der Waals surface area (Å²) in [5.74, 6) is -0.599. The van der Waals surface area contributed by atoms with E-state index >= 15 is 0 Å². The van der Waals surface area contributed by atoms with E-state index in [4.69, 9.17) is 5.73 Å². The number of nitrogens with zero attached hydrogens (tertiary/aromatic N) is 4. The summed E-state index contributed by atoms with van der Waals surface area (Å²) in [6.45, 7) is 0.552. The number of amides is 1. The summed E-state index contributed by atoms with van der Waals surface area (Å²) in [6, 6.07) is 13.4. The van der Waals surface area contributed by atoms with Crippen LogP contribution in [0.5, 0.6) is 0 Å². The molecule has 0 radical (unpaired) electrons. The van der Waals surface area contributed by atoms with E-state index in [9.17, 15) is 14.0 Å². The number of anilines is 2. The van der Waals surface area contributed by atoms with Crippen LogP contribution in [0, 0.1) is 5.82 Å². The van der Waals surface area contributed by atoms with Crippen LogP contribution in [-0.4, -0.2) is 25.2 Å². The number of rotatable bonds is 9. The number of aryl methyl sites for hydroxylation is 1. The fourth-order valence-electron chi connectivity index (χ4n) is 3.65. The number of para-hydroxylation sites is 1. The Balaban J connectivity index is 1.24. The number of benzene rings is 2. The van der Waals surface area contributed by atoms with Gasteiger partial charge in [-0.2, -0.15) is 5.10 Å². The molecule has 3 N–H and O–H groups in total. The van der Waals surface area contributed by atoms with Crippen molar-refractivity contribution >= 4 is 28.3 Å². The number of carbonyl (C=O) groups excluding carboxylic acids is 1. The first-order valence-electron chi connectivity index (χ1n) is 10.9. The summed E-state index contributed by atoms with van der Waals surface area (Å²) < 4.78 is 16.3. The lowest BCUT2D eigenvalue weighted by Gasteiger charge is -2.08. The van der Waals surface area contributed by atoms with Gasteiger partial charge in [0, 0.05) is 13.0 Å². The zero-order valence-corrected chi connectivity index (χ0v) is 18.1. The highest BCUT2D eigenvalue weighted by Crippen LogP contribution is 2.19. The molecule has 2 aromatic heterocycles. The highest BCUT2D eigenvalue weighted by Gasteiger charge is 2.11. The number of carbonyl (C=O) groups is 1. The summed E-state index contributed by atoms with van der Waals surface area (Å²) in [7, 11) is 0. The van der Waals surface area contributed by atoms with Crippen LogP contribution in [0.3, 0.4) is 0 Å². The quantitative estimate of drug-likeness (QED) is 0.298. The van der Waals surface area contributed by atoms with E-state index < -0.39 is 5.82 Å².